The van der Waals surface area contributed by atoms with E-state index in [-0.39, 0.29) is 35.4 Å². The van der Waals surface area contributed by atoms with E-state index in [2.05, 4.69) is 30.4 Å². The van der Waals surface area contributed by atoms with Crippen molar-refractivity contribution in [2.24, 2.45) is 0 Å². The summed E-state index contributed by atoms with van der Waals surface area (Å²) < 4.78 is 44.0. The second kappa shape index (κ2) is 7.52. The largest absolute Gasteiger partial charge is 0.322 e. The van der Waals surface area contributed by atoms with Crippen molar-refractivity contribution in [2.75, 3.05) is 13.3 Å². The maximum Gasteiger partial charge on any atom is 0.221 e. The van der Waals surface area contributed by atoms with Crippen molar-refractivity contribution in [1.82, 2.24) is 39.7 Å². The second-order valence-corrected chi connectivity index (χ2v) is 11.3. The molecule has 12 heteroatoms. The molecule has 32 heavy (non-hydrogen) atoms. The number of pyridine rings is 1. The Hall–Kier alpha value is -3.59. The van der Waals surface area contributed by atoms with Crippen LogP contribution in [0.4, 0.5) is 8.78 Å². The predicted molar refractivity (Wildman–Crippen MR) is 115 cm³/mol. The first-order valence-corrected chi connectivity index (χ1v) is 12.4. The third-order valence-electron chi connectivity index (χ3n) is 4.84. The fourth-order valence-electron chi connectivity index (χ4n) is 3.38. The summed E-state index contributed by atoms with van der Waals surface area (Å²) >= 11 is 0. The maximum absolute atomic E-state index is 14.8. The van der Waals surface area contributed by atoms with E-state index in [1.54, 1.807) is 31.7 Å². The fraction of sp³-hybridized carbons (Fsp3) is 0.200. The van der Waals surface area contributed by atoms with Crippen LogP contribution in [0.5, 0.6) is 0 Å². The standard InChI is InChI=1S/C20H17F2N8OP/c1-32(2,31)11-30-18(22)14(8-25-30)17-9-24-19-20(26-17)29(28-27-19)10-13-6-12-4-3-5-23-16(12)7-15(13)21/h3-9H,10-11H2,1-2H3. The van der Waals surface area contributed by atoms with Crippen LogP contribution in [0.25, 0.3) is 33.5 Å². The minimum Gasteiger partial charge on any atom is -0.322 e. The molecule has 0 N–H and O–H groups in total. The Kier molecular flexibility index (Phi) is 4.78. The van der Waals surface area contributed by atoms with Crippen LogP contribution in [0, 0.1) is 11.8 Å². The van der Waals surface area contributed by atoms with Crippen LogP contribution < -0.4 is 0 Å². The van der Waals surface area contributed by atoms with Crippen molar-refractivity contribution in [2.45, 2.75) is 12.8 Å². The topological polar surface area (TPSA) is 104 Å². The molecule has 4 heterocycles. The molecule has 0 unspecified atom stereocenters. The van der Waals surface area contributed by atoms with Crippen LogP contribution in [0.3, 0.4) is 0 Å². The van der Waals surface area contributed by atoms with E-state index < -0.39 is 18.9 Å². The number of rotatable bonds is 5. The fourth-order valence-corrected chi connectivity index (χ4v) is 4.22. The Balaban J connectivity index is 1.53. The molecule has 0 bridgehead atoms. The molecule has 0 fully saturated rings. The summed E-state index contributed by atoms with van der Waals surface area (Å²) in [4.78, 5) is 12.8. The summed E-state index contributed by atoms with van der Waals surface area (Å²) in [5.74, 6) is -1.09. The Labute approximate surface area is 180 Å². The van der Waals surface area contributed by atoms with Crippen molar-refractivity contribution >= 4 is 29.3 Å². The Morgan fingerprint density at radius 3 is 2.75 bits per heavy atom. The van der Waals surface area contributed by atoms with Gasteiger partial charge in [0, 0.05) is 23.2 Å². The van der Waals surface area contributed by atoms with Crippen LogP contribution in [0.15, 0.2) is 42.9 Å². The molecular weight excluding hydrogens is 437 g/mol. The lowest BCUT2D eigenvalue weighted by Crippen LogP contribution is -2.06. The van der Waals surface area contributed by atoms with Crippen LogP contribution in [0.2, 0.25) is 0 Å². The van der Waals surface area contributed by atoms with Crippen molar-refractivity contribution in [3.63, 3.8) is 0 Å². The summed E-state index contributed by atoms with van der Waals surface area (Å²) in [6.07, 6.45) is 4.26. The van der Waals surface area contributed by atoms with E-state index in [4.69, 9.17) is 0 Å². The minimum absolute atomic E-state index is 0.0237. The average Bonchev–Trinajstić information content (AvgIpc) is 3.30. The van der Waals surface area contributed by atoms with Gasteiger partial charge in [0.05, 0.1) is 42.0 Å². The van der Waals surface area contributed by atoms with E-state index in [0.717, 1.165) is 10.1 Å². The molecule has 1 aromatic carbocycles. The SMILES string of the molecule is CP(C)(=O)Cn1ncc(-c2cnc3nnn(Cc4cc5cccnc5cc4F)c3n2)c1F. The summed E-state index contributed by atoms with van der Waals surface area (Å²) in [6, 6.07) is 6.68. The Morgan fingerprint density at radius 2 is 1.94 bits per heavy atom. The Morgan fingerprint density at radius 1 is 1.09 bits per heavy atom. The quantitative estimate of drug-likeness (QED) is 0.374. The summed E-state index contributed by atoms with van der Waals surface area (Å²) in [5, 5.41) is 12.8. The van der Waals surface area contributed by atoms with Gasteiger partial charge in [0.2, 0.25) is 11.6 Å². The lowest BCUT2D eigenvalue weighted by atomic mass is 10.1. The molecule has 0 spiro atoms. The van der Waals surface area contributed by atoms with Gasteiger partial charge >= 0.3 is 0 Å². The smallest absolute Gasteiger partial charge is 0.221 e. The zero-order valence-electron chi connectivity index (χ0n) is 17.1. The molecule has 0 aliphatic heterocycles. The minimum atomic E-state index is -2.53. The number of fused-ring (bicyclic) bond motifs is 2. The van der Waals surface area contributed by atoms with Gasteiger partial charge < -0.3 is 4.57 Å². The molecule has 5 aromatic rings. The van der Waals surface area contributed by atoms with Crippen molar-refractivity contribution in [3.8, 4) is 11.3 Å². The van der Waals surface area contributed by atoms with Gasteiger partial charge in [0.15, 0.2) is 5.65 Å². The number of nitrogens with zero attached hydrogens (tertiary/aromatic N) is 8. The van der Waals surface area contributed by atoms with Gasteiger partial charge in [0.1, 0.15) is 13.0 Å². The Bertz CT molecular complexity index is 1520. The molecule has 0 saturated carbocycles. The average molecular weight is 454 g/mol. The normalized spacial score (nSPS) is 12.1. The molecule has 5 rings (SSSR count). The van der Waals surface area contributed by atoms with E-state index in [0.29, 0.717) is 11.1 Å². The van der Waals surface area contributed by atoms with Crippen molar-refractivity contribution < 1.29 is 13.3 Å². The molecule has 0 atom stereocenters. The molecule has 162 valence electrons. The highest BCUT2D eigenvalue weighted by molar-refractivity contribution is 7.61. The van der Waals surface area contributed by atoms with Gasteiger partial charge in [0.25, 0.3) is 0 Å². The van der Waals surface area contributed by atoms with Crippen LogP contribution in [0.1, 0.15) is 5.56 Å². The number of benzene rings is 1. The van der Waals surface area contributed by atoms with Gasteiger partial charge in [-0.15, -0.1) is 5.10 Å². The summed E-state index contributed by atoms with van der Waals surface area (Å²) in [6.45, 7) is 3.18. The van der Waals surface area contributed by atoms with Crippen molar-refractivity contribution in [3.05, 3.63) is 60.2 Å². The molecule has 0 radical (unpaired) electrons. The first-order valence-electron chi connectivity index (χ1n) is 9.63. The zero-order valence-corrected chi connectivity index (χ0v) is 18.0. The van der Waals surface area contributed by atoms with E-state index in [1.165, 1.54) is 23.1 Å². The first-order chi connectivity index (χ1) is 15.3. The molecule has 4 aromatic heterocycles. The van der Waals surface area contributed by atoms with E-state index >= 15 is 0 Å². The van der Waals surface area contributed by atoms with E-state index in [9.17, 15) is 13.3 Å². The molecule has 0 aliphatic carbocycles. The molecule has 0 saturated heterocycles. The van der Waals surface area contributed by atoms with Crippen LogP contribution in [-0.2, 0) is 17.4 Å². The molecule has 9 nitrogen and oxygen atoms in total. The molecule has 0 aliphatic rings. The molecule has 0 amide bonds. The van der Waals surface area contributed by atoms with Gasteiger partial charge in [-0.1, -0.05) is 11.3 Å². The third-order valence-corrected chi connectivity index (χ3v) is 5.79. The lowest BCUT2D eigenvalue weighted by Gasteiger charge is -2.07. The third kappa shape index (κ3) is 3.75. The molecular formula is C20H17F2N8OP. The van der Waals surface area contributed by atoms with Crippen LogP contribution in [-0.4, -0.2) is 53.1 Å². The van der Waals surface area contributed by atoms with Gasteiger partial charge in [-0.2, -0.15) is 9.49 Å². The number of halogens is 2. The summed E-state index contributed by atoms with van der Waals surface area (Å²) in [5.41, 5.74) is 1.78. The highest BCUT2D eigenvalue weighted by Gasteiger charge is 2.20. The van der Waals surface area contributed by atoms with Gasteiger partial charge in [-0.25, -0.2) is 23.7 Å². The number of hydrogen-bond acceptors (Lipinski definition) is 7. The highest BCUT2D eigenvalue weighted by Crippen LogP contribution is 2.38. The van der Waals surface area contributed by atoms with E-state index in [1.807, 2.05) is 6.07 Å². The summed E-state index contributed by atoms with van der Waals surface area (Å²) in [7, 11) is -2.53. The maximum atomic E-state index is 14.8. The number of aromatic nitrogens is 8. The van der Waals surface area contributed by atoms with Gasteiger partial charge in [-0.3, -0.25) is 4.98 Å². The monoisotopic (exact) mass is 454 g/mol. The first kappa shape index (κ1) is 20.3. The lowest BCUT2D eigenvalue weighted by molar-refractivity contribution is 0.488. The van der Waals surface area contributed by atoms with Crippen LogP contribution >= 0.6 is 7.14 Å². The number of hydrogen-bond donors (Lipinski definition) is 0. The second-order valence-electron chi connectivity index (χ2n) is 7.85. The van der Waals surface area contributed by atoms with Gasteiger partial charge in [-0.05, 0) is 25.5 Å². The highest BCUT2D eigenvalue weighted by atomic mass is 31.2. The predicted octanol–water partition coefficient (Wildman–Crippen LogP) is 3.54. The zero-order chi connectivity index (χ0) is 22.5. The van der Waals surface area contributed by atoms with Crippen molar-refractivity contribution in [1.29, 1.82) is 0 Å².